The van der Waals surface area contributed by atoms with Crippen molar-refractivity contribution < 1.29 is 31.4 Å². The molecule has 0 aliphatic carbocycles. The van der Waals surface area contributed by atoms with E-state index in [1.807, 2.05) is 0 Å². The molecule has 0 saturated heterocycles. The third kappa shape index (κ3) is 808. The van der Waals surface area contributed by atoms with Crippen LogP contribution in [0.15, 0.2) is 0 Å². The summed E-state index contributed by atoms with van der Waals surface area (Å²) in [6, 6.07) is 0. The van der Waals surface area contributed by atoms with Gasteiger partial charge in [-0.1, -0.05) is 0 Å². The second kappa shape index (κ2) is 6.52. The van der Waals surface area contributed by atoms with Crippen molar-refractivity contribution in [2.75, 3.05) is 0 Å². The molecular weight excluding hydrogens is 349 g/mol. The molecule has 0 bridgehead atoms. The van der Waals surface area contributed by atoms with Gasteiger partial charge in [0.15, 0.2) is 0 Å². The first-order valence-corrected chi connectivity index (χ1v) is 4.39. The number of rotatable bonds is 0. The van der Waals surface area contributed by atoms with Crippen molar-refractivity contribution in [1.29, 1.82) is 0 Å². The first kappa shape index (κ1) is 30.8. The SMILES string of the molecule is F[As](F)(F)(F)F.[F-].[F-].[F-].[Sb+3]. The van der Waals surface area contributed by atoms with Gasteiger partial charge in [-0.15, -0.1) is 0 Å². The molecule has 10 heavy (non-hydrogen) atoms. The Kier molecular flexibility index (Phi) is 20.1. The van der Waals surface area contributed by atoms with Gasteiger partial charge in [-0.25, -0.2) is 0 Å². The maximum atomic E-state index is 9.89. The Labute approximate surface area is 70.9 Å². The van der Waals surface area contributed by atoms with Crippen molar-refractivity contribution >= 4 is 39.2 Å². The van der Waals surface area contributed by atoms with Crippen LogP contribution < -0.4 is 14.1 Å². The summed E-state index contributed by atoms with van der Waals surface area (Å²) in [5, 5.41) is 0. The van der Waals surface area contributed by atoms with Crippen molar-refractivity contribution in [3.63, 3.8) is 0 Å². The summed E-state index contributed by atoms with van der Waals surface area (Å²) in [5.74, 6) is 0. The molecule has 0 saturated carbocycles. The average Bonchev–Trinajstić information content (AvgIpc) is 0.650. The van der Waals surface area contributed by atoms with Crippen LogP contribution in [0.2, 0.25) is 0 Å². The van der Waals surface area contributed by atoms with Crippen LogP contribution in [0.4, 0.5) is 17.3 Å². The van der Waals surface area contributed by atoms with Crippen LogP contribution in [-0.4, -0.2) is 39.2 Å². The zero-order valence-corrected chi connectivity index (χ0v) is 8.35. The quantitative estimate of drug-likeness (QED) is 0.301. The summed E-state index contributed by atoms with van der Waals surface area (Å²) in [6.07, 6.45) is 0. The minimum absolute atomic E-state index is 0. The summed E-state index contributed by atoms with van der Waals surface area (Å²) >= 11 is -8.99. The zero-order chi connectivity index (χ0) is 5.45. The van der Waals surface area contributed by atoms with Crippen LogP contribution in [0.1, 0.15) is 0 Å². The second-order valence-electron chi connectivity index (χ2n) is 0.639. The Balaban J connectivity index is -0.0000000208. The molecule has 0 fully saturated rings. The molecular formula is AsF8Sb. The van der Waals surface area contributed by atoms with Gasteiger partial charge in [-0.05, 0) is 0 Å². The number of hydrogen-bond acceptors (Lipinski definition) is 0. The topological polar surface area (TPSA) is 0 Å². The molecule has 0 nitrogen and oxygen atoms in total. The van der Waals surface area contributed by atoms with E-state index in [1.165, 1.54) is 0 Å². The van der Waals surface area contributed by atoms with Crippen LogP contribution in [0, 0.1) is 0 Å². The van der Waals surface area contributed by atoms with Crippen LogP contribution in [-0.2, 0) is 0 Å². The zero-order valence-electron chi connectivity index (χ0n) is 3.92. The van der Waals surface area contributed by atoms with Gasteiger partial charge in [0.1, 0.15) is 0 Å². The van der Waals surface area contributed by atoms with E-state index in [4.69, 9.17) is 0 Å². The van der Waals surface area contributed by atoms with E-state index >= 15 is 0 Å². The maximum absolute atomic E-state index is 9.89. The third-order valence-corrected chi connectivity index (χ3v) is 0. The summed E-state index contributed by atoms with van der Waals surface area (Å²) in [4.78, 5) is 0. The Hall–Kier alpha value is 0.817. The fraction of sp³-hybridized carbons (Fsp3) is 0. The summed E-state index contributed by atoms with van der Waals surface area (Å²) < 4.78 is 49.4. The summed E-state index contributed by atoms with van der Waals surface area (Å²) in [5.41, 5.74) is 0. The molecule has 2 radical (unpaired) electrons. The summed E-state index contributed by atoms with van der Waals surface area (Å²) in [6.45, 7) is 0. The largest absolute Gasteiger partial charge is 3.00 e. The van der Waals surface area contributed by atoms with Gasteiger partial charge in [0, 0.05) is 0 Å². The molecule has 0 spiro atoms. The first-order valence-electron chi connectivity index (χ1n) is 0.845. The van der Waals surface area contributed by atoms with Crippen molar-refractivity contribution in [3.8, 4) is 0 Å². The molecule has 0 amide bonds. The third-order valence-electron chi connectivity index (χ3n) is 0. The van der Waals surface area contributed by atoms with Crippen LogP contribution in [0.3, 0.4) is 0 Å². The van der Waals surface area contributed by atoms with Crippen molar-refractivity contribution in [1.82, 2.24) is 0 Å². The van der Waals surface area contributed by atoms with E-state index in [-0.39, 0.29) is 38.5 Å². The van der Waals surface area contributed by atoms with Crippen LogP contribution >= 0.6 is 0 Å². The minimum Gasteiger partial charge on any atom is -1.00 e. The molecule has 0 atom stereocenters. The normalized spacial score (nSPS) is 11.5. The Bertz CT molecular complexity index is 42.4. The molecule has 0 aliphatic heterocycles. The molecule has 10 heteroatoms. The number of halogens is 8. The van der Waals surface area contributed by atoms with E-state index in [0.29, 0.717) is 0 Å². The second-order valence-corrected chi connectivity index (χ2v) is 3.32. The van der Waals surface area contributed by atoms with E-state index in [2.05, 4.69) is 0 Å². The van der Waals surface area contributed by atoms with Gasteiger partial charge in [-0.2, -0.15) is 0 Å². The van der Waals surface area contributed by atoms with E-state index in [9.17, 15) is 17.3 Å². The summed E-state index contributed by atoms with van der Waals surface area (Å²) in [7, 11) is 0. The predicted molar refractivity (Wildman–Crippen MR) is 17.0 cm³/mol. The van der Waals surface area contributed by atoms with Gasteiger partial charge in [0.2, 0.25) is 0 Å². The van der Waals surface area contributed by atoms with E-state index < -0.39 is 14.8 Å². The fourth-order valence-electron chi connectivity index (χ4n) is 0. The van der Waals surface area contributed by atoms with Crippen LogP contribution in [0.25, 0.3) is 0 Å². The molecule has 66 valence electrons. The molecule has 0 heterocycles. The monoisotopic (exact) mass is 348 g/mol. The van der Waals surface area contributed by atoms with Gasteiger partial charge in [0.05, 0.1) is 0 Å². The Morgan fingerprint density at radius 2 is 0.600 bits per heavy atom. The molecule has 0 aromatic carbocycles. The molecule has 0 N–H and O–H groups in total. The maximum Gasteiger partial charge on any atom is 3.00 e. The first-order chi connectivity index (χ1) is 2.24. The molecule has 0 aromatic heterocycles. The van der Waals surface area contributed by atoms with Gasteiger partial charge in [-0.3, -0.25) is 0 Å². The Morgan fingerprint density at radius 1 is 0.600 bits per heavy atom. The molecule has 0 unspecified atom stereocenters. The van der Waals surface area contributed by atoms with Crippen LogP contribution in [0.5, 0.6) is 0 Å². The predicted octanol–water partition coefficient (Wildman–Crippen LogP) is -7.65. The fourth-order valence-corrected chi connectivity index (χ4v) is 0. The smallest absolute Gasteiger partial charge is 1.00 e. The van der Waals surface area contributed by atoms with E-state index in [1.54, 1.807) is 0 Å². The van der Waals surface area contributed by atoms with Crippen molar-refractivity contribution in [2.24, 2.45) is 0 Å². The molecule has 0 aromatic rings. The minimum atomic E-state index is -8.99. The average molecular weight is 349 g/mol. The van der Waals surface area contributed by atoms with Crippen molar-refractivity contribution in [3.05, 3.63) is 0 Å². The van der Waals surface area contributed by atoms with Gasteiger partial charge in [0.25, 0.3) is 0 Å². The number of hydrogen-bond donors (Lipinski definition) is 0. The van der Waals surface area contributed by atoms with E-state index in [0.717, 1.165) is 0 Å². The van der Waals surface area contributed by atoms with Gasteiger partial charge < -0.3 is 14.1 Å². The Morgan fingerprint density at radius 3 is 0.600 bits per heavy atom. The van der Waals surface area contributed by atoms with Gasteiger partial charge >= 0.3 is 56.6 Å². The standard InChI is InChI=1S/AsF5.3FH.Sb/c2-1(3,4,5)6;;;;/h;3*1H;/q;;;;+3/p-3. The molecule has 0 rings (SSSR count). The van der Waals surface area contributed by atoms with Crippen molar-refractivity contribution in [2.45, 2.75) is 0 Å². The molecule has 0 aliphatic rings.